The lowest BCUT2D eigenvalue weighted by molar-refractivity contribution is -0.138. The summed E-state index contributed by atoms with van der Waals surface area (Å²) in [7, 11) is -8.45. The van der Waals surface area contributed by atoms with Crippen LogP contribution in [0.25, 0.3) is 20.2 Å². The first kappa shape index (κ1) is 40.4. The van der Waals surface area contributed by atoms with Crippen LogP contribution in [0.2, 0.25) is 0 Å². The normalized spacial score (nSPS) is 13.4. The average molecular weight is 857 g/mol. The third-order valence-corrected chi connectivity index (χ3v) is 16.7. The van der Waals surface area contributed by atoms with E-state index in [1.54, 1.807) is 12.1 Å². The quantitative estimate of drug-likeness (QED) is 0.123. The molecule has 57 heavy (non-hydrogen) atoms. The van der Waals surface area contributed by atoms with E-state index in [4.69, 9.17) is 0 Å². The summed E-state index contributed by atoms with van der Waals surface area (Å²) in [6.45, 7) is 0. The van der Waals surface area contributed by atoms with Gasteiger partial charge in [-0.1, -0.05) is 48.5 Å². The Morgan fingerprint density at radius 2 is 0.526 bits per heavy atom. The van der Waals surface area contributed by atoms with E-state index in [1.807, 2.05) is 0 Å². The van der Waals surface area contributed by atoms with E-state index < -0.39 is 61.2 Å². The number of thiophene rings is 1. The van der Waals surface area contributed by atoms with Gasteiger partial charge < -0.3 is 9.13 Å². The molecule has 0 saturated carbocycles. The van der Waals surface area contributed by atoms with Gasteiger partial charge in [0.1, 0.15) is 0 Å². The molecule has 2 nitrogen and oxygen atoms in total. The molecule has 0 aliphatic rings. The molecule has 7 rings (SSSR count). The molecule has 0 aliphatic heterocycles. The summed E-state index contributed by atoms with van der Waals surface area (Å²) < 4.78 is 193. The van der Waals surface area contributed by atoms with Crippen LogP contribution in [-0.2, 0) is 33.8 Å². The largest absolute Gasteiger partial charge is 0.416 e. The fraction of sp³-hybridized carbons (Fsp3) is 0.100. The highest BCUT2D eigenvalue weighted by Gasteiger charge is 2.38. The van der Waals surface area contributed by atoms with Gasteiger partial charge in [-0.05, 0) is 84.9 Å². The van der Waals surface area contributed by atoms with Crippen molar-refractivity contribution in [3.63, 3.8) is 0 Å². The first-order valence-corrected chi connectivity index (χ1v) is 20.6. The predicted molar refractivity (Wildman–Crippen MR) is 198 cm³/mol. The third-order valence-electron chi connectivity index (χ3n) is 9.40. The molecule has 0 unspecified atom stereocenters. The van der Waals surface area contributed by atoms with Gasteiger partial charge in [0.05, 0.1) is 22.3 Å². The summed E-state index contributed by atoms with van der Waals surface area (Å²) in [5, 5.41) is 0.307. The highest BCUT2D eigenvalue weighted by atomic mass is 32.1. The first-order chi connectivity index (χ1) is 26.5. The van der Waals surface area contributed by atoms with Crippen LogP contribution in [0, 0.1) is 0 Å². The van der Waals surface area contributed by atoms with Crippen LogP contribution in [0.3, 0.4) is 0 Å². The van der Waals surface area contributed by atoms with E-state index in [2.05, 4.69) is 0 Å². The SMILES string of the molecule is O=P(c1ccc(C(F)(F)F)cc1)(c1ccc(C(F)(F)F)cc1)c1ccc2sc3ccc(P(=O)(c4ccc(C(F)(F)F)cc4)c4ccc(C(F)(F)F)cc4)cc3c2c1. The second-order valence-corrected chi connectivity index (χ2v) is 19.5. The van der Waals surface area contributed by atoms with E-state index in [0.717, 1.165) is 48.5 Å². The monoisotopic (exact) mass is 856 g/mol. The van der Waals surface area contributed by atoms with Crippen molar-refractivity contribution in [2.24, 2.45) is 0 Å². The van der Waals surface area contributed by atoms with Gasteiger partial charge >= 0.3 is 24.7 Å². The van der Waals surface area contributed by atoms with Crippen molar-refractivity contribution in [3.05, 3.63) is 156 Å². The Kier molecular flexibility index (Phi) is 9.86. The zero-order valence-corrected chi connectivity index (χ0v) is 31.0. The van der Waals surface area contributed by atoms with Crippen LogP contribution in [-0.4, -0.2) is 0 Å². The first-order valence-electron chi connectivity index (χ1n) is 16.4. The van der Waals surface area contributed by atoms with Crippen molar-refractivity contribution in [1.29, 1.82) is 0 Å². The van der Waals surface area contributed by atoms with Crippen LogP contribution in [0.1, 0.15) is 22.3 Å². The van der Waals surface area contributed by atoms with Crippen molar-refractivity contribution in [2.75, 3.05) is 0 Å². The summed E-state index contributed by atoms with van der Waals surface area (Å²) >= 11 is 1.22. The Labute approximate surface area is 319 Å². The maximum absolute atomic E-state index is 15.3. The van der Waals surface area contributed by atoms with Gasteiger partial charge in [0.2, 0.25) is 0 Å². The summed E-state index contributed by atoms with van der Waals surface area (Å²) in [4.78, 5) is 0. The molecule has 7 aromatic rings. The number of rotatable bonds is 6. The Morgan fingerprint density at radius 3 is 0.737 bits per heavy atom. The molecule has 0 N–H and O–H groups in total. The Balaban J connectivity index is 1.43. The molecule has 0 fully saturated rings. The van der Waals surface area contributed by atoms with Gasteiger partial charge in [0.15, 0.2) is 14.3 Å². The van der Waals surface area contributed by atoms with E-state index >= 15 is 9.13 Å². The fourth-order valence-electron chi connectivity index (χ4n) is 6.48. The molecule has 0 amide bonds. The summed E-state index contributed by atoms with van der Waals surface area (Å²) in [6, 6.07) is 22.4. The maximum Gasteiger partial charge on any atom is 0.416 e. The molecule has 0 spiro atoms. The van der Waals surface area contributed by atoms with Crippen LogP contribution >= 0.6 is 25.6 Å². The van der Waals surface area contributed by atoms with Crippen LogP contribution < -0.4 is 31.8 Å². The van der Waals surface area contributed by atoms with E-state index in [-0.39, 0.29) is 31.8 Å². The molecule has 1 heterocycles. The molecule has 294 valence electrons. The lowest BCUT2D eigenvalue weighted by atomic mass is 10.1. The molecular weight excluding hydrogens is 834 g/mol. The lowest BCUT2D eigenvalue weighted by Gasteiger charge is -2.22. The lowest BCUT2D eigenvalue weighted by Crippen LogP contribution is -2.26. The van der Waals surface area contributed by atoms with Crippen molar-refractivity contribution >= 4 is 77.6 Å². The highest BCUT2D eigenvalue weighted by molar-refractivity contribution is 7.85. The minimum absolute atomic E-state index is 0.0216. The van der Waals surface area contributed by atoms with Gasteiger partial charge in [-0.15, -0.1) is 11.3 Å². The van der Waals surface area contributed by atoms with E-state index in [9.17, 15) is 52.7 Å². The average Bonchev–Trinajstić information content (AvgIpc) is 3.53. The number of hydrogen-bond donors (Lipinski definition) is 0. The molecule has 17 heteroatoms. The molecule has 6 aromatic carbocycles. The maximum atomic E-state index is 15.3. The molecule has 0 aliphatic carbocycles. The number of hydrogen-bond acceptors (Lipinski definition) is 3. The molecular formula is C40H22F12O2P2S. The third kappa shape index (κ3) is 7.41. The standard InChI is InChI=1S/C40H22F12O2P2S/c41-37(42,43)23-1-9-27(10-2-23)55(53,28-11-3-24(4-12-28)38(44,45)46)31-17-19-35-33(21-31)34-22-32(18-20-36(34)57-35)56(54,29-13-5-25(6-14-29)39(47,48)49)30-15-7-26(8-16-30)40(50,51)52/h1-22H. The van der Waals surface area contributed by atoms with Crippen molar-refractivity contribution in [1.82, 2.24) is 0 Å². The van der Waals surface area contributed by atoms with Gasteiger partial charge in [-0.2, -0.15) is 52.7 Å². The number of fused-ring (bicyclic) bond motifs is 3. The predicted octanol–water partition coefficient (Wildman–Crippen LogP) is 11.4. The minimum Gasteiger partial charge on any atom is -0.309 e. The summed E-state index contributed by atoms with van der Waals surface area (Å²) in [5.41, 5.74) is -4.21. The minimum atomic E-state index is -4.75. The molecule has 0 saturated heterocycles. The topological polar surface area (TPSA) is 34.1 Å². The van der Waals surface area contributed by atoms with E-state index in [0.29, 0.717) is 68.7 Å². The molecule has 1 aromatic heterocycles. The van der Waals surface area contributed by atoms with Gasteiger partial charge in [0.25, 0.3) is 0 Å². The highest BCUT2D eigenvalue weighted by Crippen LogP contribution is 2.48. The fourth-order valence-corrected chi connectivity index (χ4v) is 12.8. The molecule has 0 atom stereocenters. The number of halogens is 12. The number of alkyl halides is 12. The Hall–Kier alpha value is -4.84. The van der Waals surface area contributed by atoms with Gasteiger partial charge in [0, 0.05) is 52.0 Å². The molecule has 0 radical (unpaired) electrons. The second-order valence-electron chi connectivity index (χ2n) is 12.9. The van der Waals surface area contributed by atoms with Crippen LogP contribution in [0.4, 0.5) is 52.7 Å². The van der Waals surface area contributed by atoms with Crippen molar-refractivity contribution in [2.45, 2.75) is 24.7 Å². The van der Waals surface area contributed by atoms with Crippen molar-refractivity contribution in [3.8, 4) is 0 Å². The van der Waals surface area contributed by atoms with Crippen LogP contribution in [0.5, 0.6) is 0 Å². The van der Waals surface area contributed by atoms with Gasteiger partial charge in [-0.25, -0.2) is 0 Å². The zero-order chi connectivity index (χ0) is 41.3. The van der Waals surface area contributed by atoms with Crippen LogP contribution in [0.15, 0.2) is 133 Å². The second kappa shape index (κ2) is 13.9. The number of benzene rings is 6. The summed E-state index contributed by atoms with van der Waals surface area (Å²) in [6.07, 6.45) is -19.0. The Morgan fingerprint density at radius 1 is 0.316 bits per heavy atom. The smallest absolute Gasteiger partial charge is 0.309 e. The summed E-state index contributed by atoms with van der Waals surface area (Å²) in [5.74, 6) is 0. The van der Waals surface area contributed by atoms with E-state index in [1.165, 1.54) is 35.6 Å². The van der Waals surface area contributed by atoms with Gasteiger partial charge in [-0.3, -0.25) is 0 Å². The Bertz CT molecular complexity index is 2400. The zero-order valence-electron chi connectivity index (χ0n) is 28.4. The van der Waals surface area contributed by atoms with Crippen molar-refractivity contribution < 1.29 is 61.8 Å². The molecule has 0 bridgehead atoms.